The monoisotopic (exact) mass is 327 g/mol. The minimum atomic E-state index is -1.16. The van der Waals surface area contributed by atoms with Crippen LogP contribution in [-0.4, -0.2) is 0 Å². The summed E-state index contributed by atoms with van der Waals surface area (Å²) < 4.78 is 42.1. The van der Waals surface area contributed by atoms with Gasteiger partial charge in [-0.25, -0.2) is 13.2 Å². The van der Waals surface area contributed by atoms with Crippen LogP contribution in [0.15, 0.2) is 72.8 Å². The Morgan fingerprint density at radius 2 is 1.04 bits per heavy atom. The lowest BCUT2D eigenvalue weighted by Gasteiger charge is -2.26. The van der Waals surface area contributed by atoms with Crippen molar-refractivity contribution in [2.24, 2.45) is 0 Å². The third-order valence-electron chi connectivity index (χ3n) is 3.77. The molecule has 0 amide bonds. The zero-order chi connectivity index (χ0) is 16.9. The third kappa shape index (κ3) is 3.59. The molecule has 0 radical (unpaired) electrons. The van der Waals surface area contributed by atoms with Gasteiger partial charge in [0.15, 0.2) is 11.6 Å². The standard InChI is InChI=1S/C20H16F3N/c21-17-11-12-18(22)20(19(17)23)24(13-15-7-3-1-4-8-15)14-16-9-5-2-6-10-16/h1-12H,13-14H2. The highest BCUT2D eigenvalue weighted by atomic mass is 19.2. The van der Waals surface area contributed by atoms with Gasteiger partial charge in [-0.05, 0) is 23.3 Å². The number of benzene rings is 3. The third-order valence-corrected chi connectivity index (χ3v) is 3.77. The van der Waals surface area contributed by atoms with Crippen LogP contribution >= 0.6 is 0 Å². The van der Waals surface area contributed by atoms with E-state index < -0.39 is 17.5 Å². The van der Waals surface area contributed by atoms with Gasteiger partial charge in [-0.15, -0.1) is 0 Å². The zero-order valence-corrected chi connectivity index (χ0v) is 12.9. The summed E-state index contributed by atoms with van der Waals surface area (Å²) in [5.74, 6) is -3.00. The summed E-state index contributed by atoms with van der Waals surface area (Å²) in [7, 11) is 0. The van der Waals surface area contributed by atoms with Gasteiger partial charge in [0, 0.05) is 13.1 Å². The number of hydrogen-bond acceptors (Lipinski definition) is 1. The fourth-order valence-corrected chi connectivity index (χ4v) is 2.63. The van der Waals surface area contributed by atoms with Gasteiger partial charge in [0.25, 0.3) is 0 Å². The quantitative estimate of drug-likeness (QED) is 0.574. The Bertz CT molecular complexity index is 762. The molecule has 0 heterocycles. The van der Waals surface area contributed by atoms with Crippen molar-refractivity contribution in [3.63, 3.8) is 0 Å². The molecule has 0 saturated heterocycles. The molecule has 0 atom stereocenters. The second kappa shape index (κ2) is 7.21. The molecule has 24 heavy (non-hydrogen) atoms. The lowest BCUT2D eigenvalue weighted by Crippen LogP contribution is -2.24. The Hall–Kier alpha value is -2.75. The maximum atomic E-state index is 14.3. The summed E-state index contributed by atoms with van der Waals surface area (Å²) in [6.45, 7) is 0.542. The van der Waals surface area contributed by atoms with Crippen molar-refractivity contribution in [1.82, 2.24) is 0 Å². The van der Waals surface area contributed by atoms with E-state index in [1.807, 2.05) is 60.7 Å². The minimum Gasteiger partial charge on any atom is -0.358 e. The van der Waals surface area contributed by atoms with Crippen LogP contribution in [0, 0.1) is 17.5 Å². The molecule has 0 aliphatic heterocycles. The van der Waals surface area contributed by atoms with Crippen LogP contribution in [0.2, 0.25) is 0 Å². The largest absolute Gasteiger partial charge is 0.358 e. The summed E-state index contributed by atoms with van der Waals surface area (Å²) in [6, 6.07) is 20.4. The average Bonchev–Trinajstić information content (AvgIpc) is 2.60. The molecule has 0 fully saturated rings. The lowest BCUT2D eigenvalue weighted by molar-refractivity contribution is 0.490. The molecule has 122 valence electrons. The fourth-order valence-electron chi connectivity index (χ4n) is 2.63. The van der Waals surface area contributed by atoms with E-state index in [1.165, 1.54) is 4.90 Å². The van der Waals surface area contributed by atoms with Crippen molar-refractivity contribution < 1.29 is 13.2 Å². The first-order valence-electron chi connectivity index (χ1n) is 7.61. The van der Waals surface area contributed by atoms with Gasteiger partial charge in [0.2, 0.25) is 0 Å². The Morgan fingerprint density at radius 3 is 1.54 bits per heavy atom. The number of nitrogens with zero attached hydrogens (tertiary/aromatic N) is 1. The molecule has 3 aromatic carbocycles. The van der Waals surface area contributed by atoms with Crippen LogP contribution in [0.25, 0.3) is 0 Å². The molecule has 0 spiro atoms. The van der Waals surface area contributed by atoms with Crippen molar-refractivity contribution in [1.29, 1.82) is 0 Å². The summed E-state index contributed by atoms with van der Waals surface area (Å²) in [6.07, 6.45) is 0. The number of halogens is 3. The first-order chi connectivity index (χ1) is 11.6. The van der Waals surface area contributed by atoms with Gasteiger partial charge in [0.05, 0.1) is 0 Å². The molecule has 0 aromatic heterocycles. The van der Waals surface area contributed by atoms with Crippen LogP contribution in [-0.2, 0) is 13.1 Å². The highest BCUT2D eigenvalue weighted by molar-refractivity contribution is 5.50. The van der Waals surface area contributed by atoms with Crippen molar-refractivity contribution in [2.75, 3.05) is 4.90 Å². The van der Waals surface area contributed by atoms with E-state index in [-0.39, 0.29) is 18.8 Å². The Kier molecular flexibility index (Phi) is 4.85. The van der Waals surface area contributed by atoms with Crippen molar-refractivity contribution in [2.45, 2.75) is 13.1 Å². The first-order valence-corrected chi connectivity index (χ1v) is 7.61. The number of hydrogen-bond donors (Lipinski definition) is 0. The van der Waals surface area contributed by atoms with Gasteiger partial charge >= 0.3 is 0 Å². The molecule has 3 rings (SSSR count). The second-order valence-electron chi connectivity index (χ2n) is 5.52. The number of rotatable bonds is 5. The molecule has 0 unspecified atom stereocenters. The average molecular weight is 327 g/mol. The summed E-state index contributed by atoms with van der Waals surface area (Å²) in [4.78, 5) is 1.51. The molecule has 3 aromatic rings. The normalized spacial score (nSPS) is 10.6. The SMILES string of the molecule is Fc1ccc(F)c(N(Cc2ccccc2)Cc2ccccc2)c1F. The van der Waals surface area contributed by atoms with Gasteiger partial charge < -0.3 is 4.90 Å². The molecule has 0 N–H and O–H groups in total. The fraction of sp³-hybridized carbons (Fsp3) is 0.100. The van der Waals surface area contributed by atoms with E-state index in [2.05, 4.69) is 0 Å². The first kappa shape index (κ1) is 16.1. The topological polar surface area (TPSA) is 3.24 Å². The smallest absolute Gasteiger partial charge is 0.185 e. The molecule has 0 aliphatic rings. The molecule has 0 saturated carbocycles. The summed E-state index contributed by atoms with van der Waals surface area (Å²) >= 11 is 0. The maximum absolute atomic E-state index is 14.3. The highest BCUT2D eigenvalue weighted by Gasteiger charge is 2.20. The lowest BCUT2D eigenvalue weighted by atomic mass is 10.1. The van der Waals surface area contributed by atoms with Crippen LogP contribution < -0.4 is 4.90 Å². The predicted molar refractivity (Wildman–Crippen MR) is 89.1 cm³/mol. The molecular formula is C20H16F3N. The van der Waals surface area contributed by atoms with E-state index in [0.717, 1.165) is 23.3 Å². The second-order valence-corrected chi connectivity index (χ2v) is 5.52. The zero-order valence-electron chi connectivity index (χ0n) is 12.9. The van der Waals surface area contributed by atoms with E-state index in [1.54, 1.807) is 0 Å². The van der Waals surface area contributed by atoms with Gasteiger partial charge in [-0.3, -0.25) is 0 Å². The Morgan fingerprint density at radius 1 is 0.583 bits per heavy atom. The Balaban J connectivity index is 2.00. The van der Waals surface area contributed by atoms with Crippen LogP contribution in [0.5, 0.6) is 0 Å². The van der Waals surface area contributed by atoms with Gasteiger partial charge in [0.1, 0.15) is 11.5 Å². The molecule has 0 aliphatic carbocycles. The Labute approximate surface area is 139 Å². The molecule has 4 heteroatoms. The van der Waals surface area contributed by atoms with E-state index in [9.17, 15) is 13.2 Å². The van der Waals surface area contributed by atoms with Crippen molar-refractivity contribution >= 4 is 5.69 Å². The summed E-state index contributed by atoms with van der Waals surface area (Å²) in [5.41, 5.74) is 1.43. The van der Waals surface area contributed by atoms with E-state index in [0.29, 0.717) is 0 Å². The summed E-state index contributed by atoms with van der Waals surface area (Å²) in [5, 5.41) is 0. The van der Waals surface area contributed by atoms with E-state index in [4.69, 9.17) is 0 Å². The van der Waals surface area contributed by atoms with Crippen LogP contribution in [0.3, 0.4) is 0 Å². The minimum absolute atomic E-state index is 0.271. The molecule has 0 bridgehead atoms. The van der Waals surface area contributed by atoms with Gasteiger partial charge in [-0.1, -0.05) is 60.7 Å². The number of anilines is 1. The van der Waals surface area contributed by atoms with E-state index >= 15 is 0 Å². The molecular weight excluding hydrogens is 311 g/mol. The van der Waals surface area contributed by atoms with Gasteiger partial charge in [-0.2, -0.15) is 0 Å². The highest BCUT2D eigenvalue weighted by Crippen LogP contribution is 2.28. The molecule has 1 nitrogen and oxygen atoms in total. The van der Waals surface area contributed by atoms with Crippen LogP contribution in [0.4, 0.5) is 18.9 Å². The predicted octanol–water partition coefficient (Wildman–Crippen LogP) is 5.31. The van der Waals surface area contributed by atoms with Crippen molar-refractivity contribution in [3.8, 4) is 0 Å². The van der Waals surface area contributed by atoms with Crippen molar-refractivity contribution in [3.05, 3.63) is 101 Å². The van der Waals surface area contributed by atoms with Crippen LogP contribution in [0.1, 0.15) is 11.1 Å². The maximum Gasteiger partial charge on any atom is 0.185 e.